The Morgan fingerprint density at radius 1 is 1.38 bits per heavy atom. The largest absolute Gasteiger partial charge is 0.490 e. The van der Waals surface area contributed by atoms with Gasteiger partial charge in [-0.15, -0.1) is 11.3 Å². The first-order chi connectivity index (χ1) is 12.4. The van der Waals surface area contributed by atoms with Gasteiger partial charge in [0.2, 0.25) is 5.13 Å². The van der Waals surface area contributed by atoms with Crippen LogP contribution in [0, 0.1) is 5.92 Å². The maximum atomic E-state index is 11.2. The molecule has 1 aromatic carbocycles. The lowest BCUT2D eigenvalue weighted by molar-refractivity contribution is -0.139. The quantitative estimate of drug-likeness (QED) is 0.385. The molecule has 0 amide bonds. The minimum atomic E-state index is -0.339. The number of rotatable bonds is 8. The Balaban J connectivity index is 1.99. The molecule has 140 valence electrons. The minimum absolute atomic E-state index is 0.126. The highest BCUT2D eigenvalue weighted by Crippen LogP contribution is 2.34. The third-order valence-electron chi connectivity index (χ3n) is 3.06. The number of esters is 1. The van der Waals surface area contributed by atoms with Crippen molar-refractivity contribution in [2.24, 2.45) is 11.0 Å². The molecule has 0 aliphatic rings. The van der Waals surface area contributed by atoms with E-state index in [-0.39, 0.29) is 12.4 Å². The molecule has 26 heavy (non-hydrogen) atoms. The first-order valence-electron chi connectivity index (χ1n) is 7.81. The molecule has 9 heteroatoms. The second-order valence-corrected chi connectivity index (χ2v) is 7.46. The number of carbonyl (C=O) groups excluding carboxylic acids is 1. The van der Waals surface area contributed by atoms with E-state index in [0.29, 0.717) is 39.1 Å². The van der Waals surface area contributed by atoms with Crippen LogP contribution in [-0.4, -0.2) is 30.9 Å². The lowest BCUT2D eigenvalue weighted by Crippen LogP contribution is -2.05. The van der Waals surface area contributed by atoms with Gasteiger partial charge in [-0.05, 0) is 23.6 Å². The maximum Gasteiger partial charge on any atom is 0.311 e. The van der Waals surface area contributed by atoms with Crippen molar-refractivity contribution < 1.29 is 14.3 Å². The van der Waals surface area contributed by atoms with Gasteiger partial charge in [-0.1, -0.05) is 37.0 Å². The van der Waals surface area contributed by atoms with Gasteiger partial charge in [0.15, 0.2) is 5.75 Å². The van der Waals surface area contributed by atoms with Crippen molar-refractivity contribution in [1.29, 1.82) is 0 Å². The molecule has 6 nitrogen and oxygen atoms in total. The van der Waals surface area contributed by atoms with Crippen molar-refractivity contribution in [3.63, 3.8) is 0 Å². The summed E-state index contributed by atoms with van der Waals surface area (Å²) in [5, 5.41) is 7.29. The average Bonchev–Trinajstić information content (AvgIpc) is 3.01. The number of hydrogen-bond donors (Lipinski definition) is 1. The molecule has 1 aromatic heterocycles. The van der Waals surface area contributed by atoms with Gasteiger partial charge >= 0.3 is 5.97 Å². The number of thiazole rings is 1. The van der Waals surface area contributed by atoms with Crippen molar-refractivity contribution in [3.8, 4) is 5.75 Å². The van der Waals surface area contributed by atoms with E-state index in [9.17, 15) is 4.79 Å². The molecule has 1 heterocycles. The molecule has 0 unspecified atom stereocenters. The molecule has 2 aromatic rings. The predicted octanol–water partition coefficient (Wildman–Crippen LogP) is 4.65. The number of aromatic nitrogens is 1. The Labute approximate surface area is 166 Å². The van der Waals surface area contributed by atoms with Crippen LogP contribution < -0.4 is 10.2 Å². The van der Waals surface area contributed by atoms with Crippen molar-refractivity contribution in [2.45, 2.75) is 20.3 Å². The zero-order valence-corrected chi connectivity index (χ0v) is 16.9. The summed E-state index contributed by atoms with van der Waals surface area (Å²) in [5.41, 5.74) is 4.15. The van der Waals surface area contributed by atoms with Gasteiger partial charge in [0, 0.05) is 5.38 Å². The van der Waals surface area contributed by atoms with Gasteiger partial charge in [-0.25, -0.2) is 4.98 Å². The molecule has 0 aliphatic heterocycles. The molecular formula is C17H19Cl2N3O3S. The second kappa shape index (κ2) is 9.75. The molecule has 0 spiro atoms. The van der Waals surface area contributed by atoms with Crippen LogP contribution in [0.5, 0.6) is 5.75 Å². The Morgan fingerprint density at radius 3 is 2.69 bits per heavy atom. The van der Waals surface area contributed by atoms with Crippen molar-refractivity contribution in [2.75, 3.05) is 19.1 Å². The molecule has 2 rings (SSSR count). The van der Waals surface area contributed by atoms with Crippen LogP contribution in [-0.2, 0) is 16.0 Å². The smallest absolute Gasteiger partial charge is 0.311 e. The zero-order chi connectivity index (χ0) is 19.1. The van der Waals surface area contributed by atoms with Gasteiger partial charge in [0.05, 0.1) is 42.1 Å². The molecule has 0 saturated heterocycles. The fourth-order valence-electron chi connectivity index (χ4n) is 1.86. The van der Waals surface area contributed by atoms with E-state index < -0.39 is 0 Å². The first-order valence-corrected chi connectivity index (χ1v) is 9.44. The predicted molar refractivity (Wildman–Crippen MR) is 106 cm³/mol. The van der Waals surface area contributed by atoms with Gasteiger partial charge < -0.3 is 9.47 Å². The highest BCUT2D eigenvalue weighted by Gasteiger charge is 2.10. The summed E-state index contributed by atoms with van der Waals surface area (Å²) in [7, 11) is 1.34. The van der Waals surface area contributed by atoms with E-state index in [0.717, 1.165) is 5.56 Å². The molecule has 0 aliphatic carbocycles. The Bertz CT molecular complexity index is 770. The molecular weight excluding hydrogens is 397 g/mol. The number of hydrogen-bond acceptors (Lipinski definition) is 7. The molecule has 1 N–H and O–H groups in total. The Morgan fingerprint density at radius 2 is 2.08 bits per heavy atom. The summed E-state index contributed by atoms with van der Waals surface area (Å²) >= 11 is 13.8. The van der Waals surface area contributed by atoms with E-state index in [1.165, 1.54) is 18.4 Å². The highest BCUT2D eigenvalue weighted by atomic mass is 35.5. The Kier molecular flexibility index (Phi) is 7.68. The number of halogens is 2. The van der Waals surface area contributed by atoms with Crippen LogP contribution in [0.2, 0.25) is 10.0 Å². The zero-order valence-electron chi connectivity index (χ0n) is 14.6. The number of carbonyl (C=O) groups is 1. The summed E-state index contributed by atoms with van der Waals surface area (Å²) in [6.45, 7) is 4.62. The minimum Gasteiger partial charge on any atom is -0.490 e. The van der Waals surface area contributed by atoms with Crippen LogP contribution in [0.25, 0.3) is 0 Å². The number of methoxy groups -OCH3 is 1. The van der Waals surface area contributed by atoms with Crippen LogP contribution in [0.1, 0.15) is 25.1 Å². The fraction of sp³-hybridized carbons (Fsp3) is 0.353. The van der Waals surface area contributed by atoms with Crippen LogP contribution in [0.3, 0.4) is 0 Å². The molecule has 0 radical (unpaired) electrons. The molecule has 0 fully saturated rings. The van der Waals surface area contributed by atoms with Gasteiger partial charge in [0.25, 0.3) is 0 Å². The SMILES string of the molecule is COC(=O)Cc1csc(N/N=C\c2cc(Cl)c(OCC(C)C)c(Cl)c2)n1. The van der Waals surface area contributed by atoms with E-state index in [1.807, 2.05) is 13.8 Å². The fourth-order valence-corrected chi connectivity index (χ4v) is 3.14. The summed E-state index contributed by atoms with van der Waals surface area (Å²) < 4.78 is 10.2. The summed E-state index contributed by atoms with van der Waals surface area (Å²) in [4.78, 5) is 15.5. The lowest BCUT2D eigenvalue weighted by atomic mass is 10.2. The van der Waals surface area contributed by atoms with Crippen molar-refractivity contribution in [1.82, 2.24) is 4.98 Å². The maximum absolute atomic E-state index is 11.2. The third kappa shape index (κ3) is 6.16. The van der Waals surface area contributed by atoms with Crippen molar-refractivity contribution in [3.05, 3.63) is 38.8 Å². The van der Waals surface area contributed by atoms with E-state index in [4.69, 9.17) is 27.9 Å². The average molecular weight is 416 g/mol. The number of anilines is 1. The van der Waals surface area contributed by atoms with Crippen molar-refractivity contribution >= 4 is 51.9 Å². The lowest BCUT2D eigenvalue weighted by Gasteiger charge is -2.12. The standard InChI is InChI=1S/C17H19Cl2N3O3S/c1-10(2)8-25-16-13(18)4-11(5-14(16)19)7-20-22-17-21-12(9-26-17)6-15(23)24-3/h4-5,7,9-10H,6,8H2,1-3H3,(H,21,22)/b20-7-. The normalized spacial score (nSPS) is 11.2. The third-order valence-corrected chi connectivity index (χ3v) is 4.42. The van der Waals surface area contributed by atoms with E-state index in [1.54, 1.807) is 23.7 Å². The van der Waals surface area contributed by atoms with Gasteiger partial charge in [-0.3, -0.25) is 10.2 Å². The van der Waals surface area contributed by atoms with E-state index >= 15 is 0 Å². The van der Waals surface area contributed by atoms with Gasteiger partial charge in [-0.2, -0.15) is 5.10 Å². The number of nitrogens with one attached hydrogen (secondary N) is 1. The van der Waals surface area contributed by atoms with Crippen LogP contribution in [0.15, 0.2) is 22.6 Å². The van der Waals surface area contributed by atoms with Crippen LogP contribution >= 0.6 is 34.5 Å². The number of benzene rings is 1. The summed E-state index contributed by atoms with van der Waals surface area (Å²) in [6, 6.07) is 3.44. The molecule has 0 atom stereocenters. The number of ether oxygens (including phenoxy) is 2. The highest BCUT2D eigenvalue weighted by molar-refractivity contribution is 7.13. The summed E-state index contributed by atoms with van der Waals surface area (Å²) in [6.07, 6.45) is 1.70. The first kappa shape index (κ1) is 20.5. The summed E-state index contributed by atoms with van der Waals surface area (Å²) in [5.74, 6) is 0.504. The monoisotopic (exact) mass is 415 g/mol. The Hall–Kier alpha value is -1.83. The van der Waals surface area contributed by atoms with Crippen LogP contribution in [0.4, 0.5) is 5.13 Å². The van der Waals surface area contributed by atoms with Gasteiger partial charge in [0.1, 0.15) is 0 Å². The topological polar surface area (TPSA) is 72.8 Å². The number of nitrogens with zero attached hydrogens (tertiary/aromatic N) is 2. The molecule has 0 bridgehead atoms. The second-order valence-electron chi connectivity index (χ2n) is 5.79. The van der Waals surface area contributed by atoms with E-state index in [2.05, 4.69) is 20.2 Å². The number of hydrazone groups is 1. The molecule has 0 saturated carbocycles.